The largest absolute Gasteiger partial charge is 0.303 e. The van der Waals surface area contributed by atoms with Crippen molar-refractivity contribution in [1.29, 1.82) is 0 Å². The van der Waals surface area contributed by atoms with Gasteiger partial charge in [-0.3, -0.25) is 4.68 Å². The van der Waals surface area contributed by atoms with E-state index in [0.29, 0.717) is 0 Å². The molecule has 0 aliphatic carbocycles. The summed E-state index contributed by atoms with van der Waals surface area (Å²) in [7, 11) is 1.98. The third-order valence-electron chi connectivity index (χ3n) is 3.83. The van der Waals surface area contributed by atoms with Crippen LogP contribution < -0.4 is 5.32 Å². The zero-order chi connectivity index (χ0) is 14.3. The SMILES string of the molecule is Cn1nc(C(C)(C)C)nc1C1NCCc2ccccc21. The van der Waals surface area contributed by atoms with Crippen LogP contribution in [0.15, 0.2) is 24.3 Å². The van der Waals surface area contributed by atoms with Crippen molar-refractivity contribution in [2.75, 3.05) is 6.54 Å². The highest BCUT2D eigenvalue weighted by molar-refractivity contribution is 5.36. The second kappa shape index (κ2) is 4.70. The average Bonchev–Trinajstić information content (AvgIpc) is 2.80. The quantitative estimate of drug-likeness (QED) is 0.865. The molecule has 0 fully saturated rings. The Hall–Kier alpha value is -1.68. The Labute approximate surface area is 120 Å². The maximum absolute atomic E-state index is 4.79. The lowest BCUT2D eigenvalue weighted by atomic mass is 9.93. The Balaban J connectivity index is 2.05. The molecule has 4 nitrogen and oxygen atoms in total. The van der Waals surface area contributed by atoms with E-state index in [1.807, 2.05) is 11.7 Å². The molecule has 0 saturated carbocycles. The van der Waals surface area contributed by atoms with Crippen molar-refractivity contribution in [2.45, 2.75) is 38.6 Å². The zero-order valence-corrected chi connectivity index (χ0v) is 12.6. The molecule has 3 rings (SSSR count). The van der Waals surface area contributed by atoms with Crippen LogP contribution in [0.4, 0.5) is 0 Å². The lowest BCUT2D eigenvalue weighted by molar-refractivity contribution is 0.518. The third kappa shape index (κ3) is 2.24. The first kappa shape index (κ1) is 13.3. The first-order valence-electron chi connectivity index (χ1n) is 7.19. The van der Waals surface area contributed by atoms with Crippen molar-refractivity contribution in [2.24, 2.45) is 7.05 Å². The van der Waals surface area contributed by atoms with Crippen LogP contribution in [0.1, 0.15) is 49.6 Å². The molecule has 0 saturated heterocycles. The van der Waals surface area contributed by atoms with Crippen LogP contribution in [0.2, 0.25) is 0 Å². The number of fused-ring (bicyclic) bond motifs is 1. The van der Waals surface area contributed by atoms with Crippen molar-refractivity contribution in [3.05, 3.63) is 47.0 Å². The second-order valence-corrected chi connectivity index (χ2v) is 6.50. The van der Waals surface area contributed by atoms with E-state index in [1.165, 1.54) is 11.1 Å². The van der Waals surface area contributed by atoms with E-state index < -0.39 is 0 Å². The number of rotatable bonds is 1. The predicted molar refractivity (Wildman–Crippen MR) is 79.7 cm³/mol. The summed E-state index contributed by atoms with van der Waals surface area (Å²) >= 11 is 0. The van der Waals surface area contributed by atoms with Gasteiger partial charge in [-0.1, -0.05) is 45.0 Å². The zero-order valence-electron chi connectivity index (χ0n) is 12.6. The number of aryl methyl sites for hydroxylation is 1. The molecule has 20 heavy (non-hydrogen) atoms. The molecule has 1 aliphatic heterocycles. The van der Waals surface area contributed by atoms with Gasteiger partial charge < -0.3 is 5.32 Å². The second-order valence-electron chi connectivity index (χ2n) is 6.50. The van der Waals surface area contributed by atoms with Gasteiger partial charge in [0.2, 0.25) is 0 Å². The minimum absolute atomic E-state index is 0.0236. The Morgan fingerprint density at radius 1 is 1.25 bits per heavy atom. The topological polar surface area (TPSA) is 42.7 Å². The van der Waals surface area contributed by atoms with E-state index in [-0.39, 0.29) is 11.5 Å². The lowest BCUT2D eigenvalue weighted by Crippen LogP contribution is -2.32. The standard InChI is InChI=1S/C16H22N4/c1-16(2,3)15-18-14(20(4)19-15)13-12-8-6-5-7-11(12)9-10-17-13/h5-8,13,17H,9-10H2,1-4H3. The fourth-order valence-electron chi connectivity index (χ4n) is 2.70. The molecule has 1 aromatic heterocycles. The van der Waals surface area contributed by atoms with Crippen molar-refractivity contribution in [3.8, 4) is 0 Å². The highest BCUT2D eigenvalue weighted by Gasteiger charge is 2.28. The molecular formula is C16H22N4. The normalized spacial score (nSPS) is 18.9. The summed E-state index contributed by atoms with van der Waals surface area (Å²) < 4.78 is 1.92. The Morgan fingerprint density at radius 3 is 2.70 bits per heavy atom. The van der Waals surface area contributed by atoms with E-state index in [9.17, 15) is 0 Å². The summed E-state index contributed by atoms with van der Waals surface area (Å²) in [6, 6.07) is 8.76. The van der Waals surface area contributed by atoms with Crippen LogP contribution in [0.25, 0.3) is 0 Å². The molecule has 2 heterocycles. The van der Waals surface area contributed by atoms with Crippen molar-refractivity contribution in [3.63, 3.8) is 0 Å². The molecule has 0 spiro atoms. The van der Waals surface area contributed by atoms with E-state index >= 15 is 0 Å². The van der Waals surface area contributed by atoms with Gasteiger partial charge in [-0.25, -0.2) is 4.98 Å². The van der Waals surface area contributed by atoms with E-state index in [1.54, 1.807) is 0 Å². The lowest BCUT2D eigenvalue weighted by Gasteiger charge is -2.26. The number of benzene rings is 1. The molecule has 0 amide bonds. The molecule has 106 valence electrons. The summed E-state index contributed by atoms with van der Waals surface area (Å²) in [6.45, 7) is 7.43. The molecule has 1 N–H and O–H groups in total. The first-order valence-corrected chi connectivity index (χ1v) is 7.19. The molecule has 1 aliphatic rings. The summed E-state index contributed by atoms with van der Waals surface area (Å²) in [5.74, 6) is 1.90. The van der Waals surface area contributed by atoms with Crippen molar-refractivity contribution >= 4 is 0 Å². The Morgan fingerprint density at radius 2 is 2.00 bits per heavy atom. The van der Waals surface area contributed by atoms with Crippen LogP contribution in [0, 0.1) is 0 Å². The summed E-state index contributed by atoms with van der Waals surface area (Å²) in [5, 5.41) is 8.17. The molecule has 1 aromatic carbocycles. The predicted octanol–water partition coefficient (Wildman–Crippen LogP) is 2.35. The number of hydrogen-bond acceptors (Lipinski definition) is 3. The average molecular weight is 270 g/mol. The molecular weight excluding hydrogens is 248 g/mol. The van der Waals surface area contributed by atoms with Gasteiger partial charge in [-0.2, -0.15) is 5.10 Å². The van der Waals surface area contributed by atoms with Crippen molar-refractivity contribution < 1.29 is 0 Å². The van der Waals surface area contributed by atoms with Gasteiger partial charge in [0.1, 0.15) is 5.82 Å². The summed E-state index contributed by atoms with van der Waals surface area (Å²) in [6.07, 6.45) is 1.08. The highest BCUT2D eigenvalue weighted by Crippen LogP contribution is 2.28. The maximum Gasteiger partial charge on any atom is 0.156 e. The minimum Gasteiger partial charge on any atom is -0.303 e. The van der Waals surface area contributed by atoms with E-state index in [0.717, 1.165) is 24.6 Å². The molecule has 4 heteroatoms. The van der Waals surface area contributed by atoms with Gasteiger partial charge in [0.05, 0.1) is 6.04 Å². The minimum atomic E-state index is -0.0236. The number of aromatic nitrogens is 3. The summed E-state index contributed by atoms with van der Waals surface area (Å²) in [5.41, 5.74) is 2.72. The van der Waals surface area contributed by atoms with Crippen molar-refractivity contribution in [1.82, 2.24) is 20.1 Å². The van der Waals surface area contributed by atoms with Crippen LogP contribution in [0.5, 0.6) is 0 Å². The van der Waals surface area contributed by atoms with E-state index in [4.69, 9.17) is 4.98 Å². The maximum atomic E-state index is 4.79. The Kier molecular flexibility index (Phi) is 3.13. The molecule has 1 unspecified atom stereocenters. The smallest absolute Gasteiger partial charge is 0.156 e. The molecule has 2 aromatic rings. The number of nitrogens with one attached hydrogen (secondary N) is 1. The molecule has 1 atom stereocenters. The number of hydrogen-bond donors (Lipinski definition) is 1. The third-order valence-corrected chi connectivity index (χ3v) is 3.83. The Bertz CT molecular complexity index is 622. The van der Waals surface area contributed by atoms with Crippen LogP contribution in [0.3, 0.4) is 0 Å². The van der Waals surface area contributed by atoms with Gasteiger partial charge in [-0.05, 0) is 17.5 Å². The molecule has 0 bridgehead atoms. The van der Waals surface area contributed by atoms with Crippen LogP contribution >= 0.6 is 0 Å². The first-order chi connectivity index (χ1) is 9.47. The fraction of sp³-hybridized carbons (Fsp3) is 0.500. The van der Waals surface area contributed by atoms with Gasteiger partial charge in [0.25, 0.3) is 0 Å². The van der Waals surface area contributed by atoms with Gasteiger partial charge in [0.15, 0.2) is 5.82 Å². The monoisotopic (exact) mass is 270 g/mol. The summed E-state index contributed by atoms with van der Waals surface area (Å²) in [4.78, 5) is 4.79. The van der Waals surface area contributed by atoms with Gasteiger partial charge in [-0.15, -0.1) is 0 Å². The molecule has 0 radical (unpaired) electrons. The highest BCUT2D eigenvalue weighted by atomic mass is 15.3. The number of nitrogens with zero attached hydrogens (tertiary/aromatic N) is 3. The van der Waals surface area contributed by atoms with E-state index in [2.05, 4.69) is 55.5 Å². The van der Waals surface area contributed by atoms with Gasteiger partial charge in [0, 0.05) is 19.0 Å². The van der Waals surface area contributed by atoms with Crippen LogP contribution in [-0.4, -0.2) is 21.3 Å². The van der Waals surface area contributed by atoms with Crippen LogP contribution in [-0.2, 0) is 18.9 Å². The van der Waals surface area contributed by atoms with Gasteiger partial charge >= 0.3 is 0 Å². The fourth-order valence-corrected chi connectivity index (χ4v) is 2.70.